The summed E-state index contributed by atoms with van der Waals surface area (Å²) in [7, 11) is 0. The number of nitrogens with one attached hydrogen (secondary N) is 1. The largest absolute Gasteiger partial charge is 0.351 e. The topological polar surface area (TPSA) is 98.7 Å². The molecule has 3 N–H and O–H groups in total. The first kappa shape index (κ1) is 17.5. The van der Waals surface area contributed by atoms with E-state index in [2.05, 4.69) is 20.8 Å². The normalized spacial score (nSPS) is 21.2. The summed E-state index contributed by atoms with van der Waals surface area (Å²) in [6.07, 6.45) is 3.33. The maximum Gasteiger partial charge on any atom is 0.245 e. The lowest BCUT2D eigenvalue weighted by atomic mass is 10.0. The highest BCUT2D eigenvalue weighted by Gasteiger charge is 2.31. The van der Waals surface area contributed by atoms with Crippen LogP contribution in [0.2, 0.25) is 0 Å². The van der Waals surface area contributed by atoms with Gasteiger partial charge in [-0.2, -0.15) is 0 Å². The number of benzene rings is 1. The second kappa shape index (κ2) is 7.69. The molecule has 7 nitrogen and oxygen atoms in total. The van der Waals surface area contributed by atoms with Gasteiger partial charge in [-0.05, 0) is 60.4 Å². The van der Waals surface area contributed by atoms with Crippen LogP contribution in [0.15, 0.2) is 24.3 Å². The van der Waals surface area contributed by atoms with Crippen molar-refractivity contribution >= 4 is 5.91 Å². The van der Waals surface area contributed by atoms with Gasteiger partial charge in [0, 0.05) is 12.5 Å². The van der Waals surface area contributed by atoms with E-state index in [0.29, 0.717) is 24.7 Å². The maximum absolute atomic E-state index is 13.5. The average molecular weight is 346 g/mol. The number of halogens is 1. The number of hydrogen-bond donors (Lipinski definition) is 2. The number of carbonyl (C=O) groups excluding carboxylic acids is 1. The quantitative estimate of drug-likeness (QED) is 0.817. The highest BCUT2D eigenvalue weighted by atomic mass is 19.1. The van der Waals surface area contributed by atoms with Gasteiger partial charge in [0.15, 0.2) is 0 Å². The zero-order valence-corrected chi connectivity index (χ0v) is 14.2. The van der Waals surface area contributed by atoms with Crippen molar-refractivity contribution in [3.05, 3.63) is 41.5 Å². The molecule has 0 aliphatic heterocycles. The molecule has 0 bridgehead atoms. The molecule has 3 rings (SSSR count). The molecule has 0 radical (unpaired) electrons. The van der Waals surface area contributed by atoms with Crippen LogP contribution in [0.1, 0.15) is 36.7 Å². The van der Waals surface area contributed by atoms with Gasteiger partial charge in [-0.3, -0.25) is 4.79 Å². The third kappa shape index (κ3) is 4.01. The van der Waals surface area contributed by atoms with E-state index in [9.17, 15) is 9.18 Å². The number of nitrogens with two attached hydrogens (primary N) is 1. The number of aryl methyl sites for hydroxylation is 1. The van der Waals surface area contributed by atoms with Gasteiger partial charge < -0.3 is 11.1 Å². The summed E-state index contributed by atoms with van der Waals surface area (Å²) in [5.41, 5.74) is 6.52. The molecule has 3 atom stereocenters. The Bertz CT molecular complexity index is 733. The predicted octanol–water partition coefficient (Wildman–Crippen LogP) is 1.15. The molecule has 1 aliphatic carbocycles. The van der Waals surface area contributed by atoms with E-state index in [0.717, 1.165) is 24.8 Å². The van der Waals surface area contributed by atoms with E-state index >= 15 is 0 Å². The van der Waals surface area contributed by atoms with Gasteiger partial charge >= 0.3 is 0 Å². The number of hydrogen-bond acceptors (Lipinski definition) is 5. The third-order valence-corrected chi connectivity index (χ3v) is 4.86. The SMILES string of the molecule is Cc1nnnn1C(Cc1cccc(F)c1)C(=O)NC1CCCC1CN. The first-order chi connectivity index (χ1) is 12.1. The predicted molar refractivity (Wildman–Crippen MR) is 90.0 cm³/mol. The Kier molecular flexibility index (Phi) is 5.37. The maximum atomic E-state index is 13.5. The summed E-state index contributed by atoms with van der Waals surface area (Å²) in [5, 5.41) is 14.6. The fourth-order valence-electron chi connectivity index (χ4n) is 3.49. The lowest BCUT2D eigenvalue weighted by Gasteiger charge is -2.24. The van der Waals surface area contributed by atoms with Crippen LogP contribution in [0.25, 0.3) is 0 Å². The Morgan fingerprint density at radius 3 is 3.00 bits per heavy atom. The first-order valence-electron chi connectivity index (χ1n) is 8.58. The summed E-state index contributed by atoms with van der Waals surface area (Å²) >= 11 is 0. The molecule has 2 aromatic rings. The van der Waals surface area contributed by atoms with E-state index in [-0.39, 0.29) is 17.8 Å². The van der Waals surface area contributed by atoms with Crippen LogP contribution < -0.4 is 11.1 Å². The highest BCUT2D eigenvalue weighted by molar-refractivity contribution is 5.81. The summed E-state index contributed by atoms with van der Waals surface area (Å²) in [5.74, 6) is 0.348. The molecule has 1 fully saturated rings. The summed E-state index contributed by atoms with van der Waals surface area (Å²) in [6.45, 7) is 2.30. The number of amides is 1. The molecule has 0 saturated heterocycles. The lowest BCUT2D eigenvalue weighted by molar-refractivity contribution is -0.125. The number of carbonyl (C=O) groups is 1. The molecule has 1 saturated carbocycles. The Hall–Kier alpha value is -2.35. The van der Waals surface area contributed by atoms with Crippen molar-refractivity contribution in [2.45, 2.75) is 44.7 Å². The molecule has 1 aliphatic rings. The van der Waals surface area contributed by atoms with Gasteiger partial charge in [0.2, 0.25) is 5.91 Å². The molecular weight excluding hydrogens is 323 g/mol. The second-order valence-corrected chi connectivity index (χ2v) is 6.56. The molecule has 25 heavy (non-hydrogen) atoms. The smallest absolute Gasteiger partial charge is 0.245 e. The minimum absolute atomic E-state index is 0.0734. The zero-order valence-electron chi connectivity index (χ0n) is 14.2. The number of tetrazole rings is 1. The van der Waals surface area contributed by atoms with Crippen LogP contribution in [0.3, 0.4) is 0 Å². The van der Waals surface area contributed by atoms with Crippen LogP contribution >= 0.6 is 0 Å². The summed E-state index contributed by atoms with van der Waals surface area (Å²) in [4.78, 5) is 12.9. The molecule has 3 unspecified atom stereocenters. The second-order valence-electron chi connectivity index (χ2n) is 6.56. The van der Waals surface area contributed by atoms with Crippen molar-refractivity contribution < 1.29 is 9.18 Å². The Balaban J connectivity index is 1.81. The number of rotatable bonds is 6. The fraction of sp³-hybridized carbons (Fsp3) is 0.529. The first-order valence-corrected chi connectivity index (χ1v) is 8.58. The van der Waals surface area contributed by atoms with Crippen molar-refractivity contribution in [3.63, 3.8) is 0 Å². The van der Waals surface area contributed by atoms with Crippen molar-refractivity contribution in [1.82, 2.24) is 25.5 Å². The van der Waals surface area contributed by atoms with Crippen LogP contribution in [0.4, 0.5) is 4.39 Å². The molecule has 1 heterocycles. The average Bonchev–Trinajstić information content (AvgIpc) is 3.21. The van der Waals surface area contributed by atoms with E-state index in [1.165, 1.54) is 16.8 Å². The molecule has 1 aromatic carbocycles. The molecule has 0 spiro atoms. The molecule has 8 heteroatoms. The molecular formula is C17H23FN6O. The number of aromatic nitrogens is 4. The zero-order chi connectivity index (χ0) is 17.8. The Morgan fingerprint density at radius 1 is 1.48 bits per heavy atom. The van der Waals surface area contributed by atoms with E-state index in [1.807, 2.05) is 0 Å². The van der Waals surface area contributed by atoms with Gasteiger partial charge in [0.25, 0.3) is 0 Å². The fourth-order valence-corrected chi connectivity index (χ4v) is 3.49. The van der Waals surface area contributed by atoms with Gasteiger partial charge in [0.1, 0.15) is 17.7 Å². The van der Waals surface area contributed by atoms with Gasteiger partial charge in [-0.15, -0.1) is 5.10 Å². The van der Waals surface area contributed by atoms with Crippen LogP contribution in [-0.2, 0) is 11.2 Å². The van der Waals surface area contributed by atoms with Crippen LogP contribution in [-0.4, -0.2) is 38.7 Å². The summed E-state index contributed by atoms with van der Waals surface area (Å²) < 4.78 is 15.0. The minimum Gasteiger partial charge on any atom is -0.351 e. The van der Waals surface area contributed by atoms with E-state index in [1.54, 1.807) is 19.1 Å². The van der Waals surface area contributed by atoms with Crippen molar-refractivity contribution in [2.24, 2.45) is 11.7 Å². The molecule has 134 valence electrons. The Labute approximate surface area is 145 Å². The minimum atomic E-state index is -0.629. The molecule has 1 aromatic heterocycles. The van der Waals surface area contributed by atoms with E-state index in [4.69, 9.17) is 5.73 Å². The Morgan fingerprint density at radius 2 is 2.32 bits per heavy atom. The van der Waals surface area contributed by atoms with Gasteiger partial charge in [-0.25, -0.2) is 9.07 Å². The standard InChI is InChI=1S/C17H23FN6O/c1-11-21-22-23-24(11)16(9-12-4-2-6-14(18)8-12)17(25)20-15-7-3-5-13(15)10-19/h2,4,6,8,13,15-16H,3,5,7,9-10,19H2,1H3,(H,20,25). The van der Waals surface area contributed by atoms with Crippen molar-refractivity contribution in [2.75, 3.05) is 6.54 Å². The van der Waals surface area contributed by atoms with Gasteiger partial charge in [-0.1, -0.05) is 18.6 Å². The molecule has 1 amide bonds. The highest BCUT2D eigenvalue weighted by Crippen LogP contribution is 2.25. The number of nitrogens with zero attached hydrogens (tertiary/aromatic N) is 4. The van der Waals surface area contributed by atoms with Crippen molar-refractivity contribution in [3.8, 4) is 0 Å². The van der Waals surface area contributed by atoms with Crippen LogP contribution in [0, 0.1) is 18.7 Å². The monoisotopic (exact) mass is 346 g/mol. The lowest BCUT2D eigenvalue weighted by Crippen LogP contribution is -2.44. The van der Waals surface area contributed by atoms with Crippen LogP contribution in [0.5, 0.6) is 0 Å². The summed E-state index contributed by atoms with van der Waals surface area (Å²) in [6, 6.07) is 5.68. The van der Waals surface area contributed by atoms with Gasteiger partial charge in [0.05, 0.1) is 0 Å². The van der Waals surface area contributed by atoms with E-state index < -0.39 is 6.04 Å². The third-order valence-electron chi connectivity index (χ3n) is 4.86. The van der Waals surface area contributed by atoms with Crippen molar-refractivity contribution in [1.29, 1.82) is 0 Å².